The van der Waals surface area contributed by atoms with Gasteiger partial charge < -0.3 is 19.7 Å². The number of fused-ring (bicyclic) bond motifs is 1. The normalized spacial score (nSPS) is 22.5. The molecule has 0 bridgehead atoms. The van der Waals surface area contributed by atoms with Gasteiger partial charge in [0.25, 0.3) is 15.9 Å². The number of carbonyl (C=O) groups is 1. The van der Waals surface area contributed by atoms with Gasteiger partial charge in [-0.2, -0.15) is 0 Å². The summed E-state index contributed by atoms with van der Waals surface area (Å²) in [7, 11) is -0.923. The summed E-state index contributed by atoms with van der Waals surface area (Å²) in [5.74, 6) is -0.730. The van der Waals surface area contributed by atoms with Crippen LogP contribution in [-0.2, 0) is 14.8 Å². The Hall–Kier alpha value is -2.69. The number of ether oxygens (including phenoxy) is 2. The molecule has 0 spiro atoms. The lowest BCUT2D eigenvalue weighted by Gasteiger charge is -2.30. The smallest absolute Gasteiger partial charge is 0.264 e. The fraction of sp³-hybridized carbons (Fsp3) is 0.435. The molecule has 1 heterocycles. The molecule has 0 aliphatic carbocycles. The molecule has 3 atom stereocenters. The van der Waals surface area contributed by atoms with Gasteiger partial charge in [-0.25, -0.2) is 12.8 Å². The Morgan fingerprint density at radius 1 is 1.21 bits per heavy atom. The van der Waals surface area contributed by atoms with Crippen LogP contribution in [-0.4, -0.2) is 65.2 Å². The van der Waals surface area contributed by atoms with E-state index < -0.39 is 20.7 Å². The molecule has 0 saturated carbocycles. The highest BCUT2D eigenvalue weighted by Crippen LogP contribution is 2.27. The van der Waals surface area contributed by atoms with E-state index in [1.54, 1.807) is 14.2 Å². The highest BCUT2D eigenvalue weighted by atomic mass is 32.2. The van der Waals surface area contributed by atoms with E-state index in [9.17, 15) is 17.6 Å². The second-order valence-corrected chi connectivity index (χ2v) is 9.96. The zero-order chi connectivity index (χ0) is 24.2. The van der Waals surface area contributed by atoms with Gasteiger partial charge in [0.15, 0.2) is 0 Å². The molecule has 0 fully saturated rings. The maximum absolute atomic E-state index is 14.0. The highest BCUT2D eigenvalue weighted by Gasteiger charge is 2.26. The van der Waals surface area contributed by atoms with Gasteiger partial charge >= 0.3 is 0 Å². The van der Waals surface area contributed by atoms with Gasteiger partial charge in [-0.05, 0) is 43.2 Å². The summed E-state index contributed by atoms with van der Waals surface area (Å²) in [6.07, 6.45) is -0.190. The van der Waals surface area contributed by atoms with E-state index in [1.165, 1.54) is 41.3 Å². The predicted octanol–water partition coefficient (Wildman–Crippen LogP) is 2.72. The molecule has 0 aromatic heterocycles. The molecule has 0 saturated heterocycles. The average molecular weight is 480 g/mol. The van der Waals surface area contributed by atoms with Crippen molar-refractivity contribution in [1.82, 2.24) is 10.2 Å². The lowest BCUT2D eigenvalue weighted by atomic mass is 10.0. The maximum Gasteiger partial charge on any atom is 0.264 e. The third-order valence-electron chi connectivity index (χ3n) is 5.60. The van der Waals surface area contributed by atoms with Crippen LogP contribution in [0, 0.1) is 11.7 Å². The first-order valence-electron chi connectivity index (χ1n) is 10.7. The lowest BCUT2D eigenvalue weighted by molar-refractivity contribution is 0.0281. The molecule has 2 N–H and O–H groups in total. The van der Waals surface area contributed by atoms with Gasteiger partial charge in [0, 0.05) is 39.0 Å². The second-order valence-electron chi connectivity index (χ2n) is 8.30. The molecular weight excluding hydrogens is 449 g/mol. The van der Waals surface area contributed by atoms with E-state index >= 15 is 0 Å². The number of nitrogens with one attached hydrogen (secondary N) is 2. The molecule has 2 aromatic carbocycles. The average Bonchev–Trinajstić information content (AvgIpc) is 2.78. The van der Waals surface area contributed by atoms with Gasteiger partial charge in [-0.15, -0.1) is 0 Å². The first kappa shape index (κ1) is 24.9. The third-order valence-corrected chi connectivity index (χ3v) is 7.02. The molecule has 8 nitrogen and oxygen atoms in total. The van der Waals surface area contributed by atoms with Crippen molar-refractivity contribution in [3.63, 3.8) is 0 Å². The second kappa shape index (κ2) is 10.5. The van der Waals surface area contributed by atoms with Crippen LogP contribution in [0.25, 0.3) is 0 Å². The Balaban J connectivity index is 1.95. The Morgan fingerprint density at radius 2 is 1.94 bits per heavy atom. The number of anilines is 1. The molecule has 2 aromatic rings. The van der Waals surface area contributed by atoms with Crippen LogP contribution in [0.15, 0.2) is 47.4 Å². The topological polar surface area (TPSA) is 97.0 Å². The summed E-state index contributed by atoms with van der Waals surface area (Å²) < 4.78 is 53.3. The van der Waals surface area contributed by atoms with Crippen LogP contribution in [0.1, 0.15) is 24.2 Å². The summed E-state index contributed by atoms with van der Waals surface area (Å²) in [6, 6.07) is 9.53. The first-order valence-corrected chi connectivity index (χ1v) is 12.2. The number of hydrogen-bond acceptors (Lipinski definition) is 6. The van der Waals surface area contributed by atoms with E-state index in [0.29, 0.717) is 25.4 Å². The zero-order valence-electron chi connectivity index (χ0n) is 19.2. The summed E-state index contributed by atoms with van der Waals surface area (Å²) in [5.41, 5.74) is 0.318. The maximum atomic E-state index is 14.0. The minimum Gasteiger partial charge on any atom is -0.491 e. The van der Waals surface area contributed by atoms with Crippen molar-refractivity contribution in [2.45, 2.75) is 30.9 Å². The van der Waals surface area contributed by atoms with Crippen LogP contribution >= 0.6 is 0 Å². The molecule has 33 heavy (non-hydrogen) atoms. The van der Waals surface area contributed by atoms with E-state index in [1.807, 2.05) is 13.8 Å². The molecule has 180 valence electrons. The van der Waals surface area contributed by atoms with Gasteiger partial charge in [-0.1, -0.05) is 19.1 Å². The van der Waals surface area contributed by atoms with Gasteiger partial charge in [0.2, 0.25) is 0 Å². The quantitative estimate of drug-likeness (QED) is 0.700. The number of amides is 1. The summed E-state index contributed by atoms with van der Waals surface area (Å²) >= 11 is 0. The highest BCUT2D eigenvalue weighted by molar-refractivity contribution is 7.92. The number of sulfonamides is 1. The van der Waals surface area contributed by atoms with Crippen LogP contribution in [0.3, 0.4) is 0 Å². The van der Waals surface area contributed by atoms with Crippen LogP contribution in [0.4, 0.5) is 10.1 Å². The van der Waals surface area contributed by atoms with Gasteiger partial charge in [0.1, 0.15) is 23.1 Å². The van der Waals surface area contributed by atoms with E-state index in [-0.39, 0.29) is 35.2 Å². The molecule has 1 aliphatic rings. The predicted molar refractivity (Wildman–Crippen MR) is 124 cm³/mol. The molecule has 1 aliphatic heterocycles. The van der Waals surface area contributed by atoms with E-state index in [0.717, 1.165) is 6.07 Å². The van der Waals surface area contributed by atoms with Crippen LogP contribution < -0.4 is 14.8 Å². The van der Waals surface area contributed by atoms with Crippen molar-refractivity contribution in [1.29, 1.82) is 0 Å². The zero-order valence-corrected chi connectivity index (χ0v) is 20.0. The fourth-order valence-corrected chi connectivity index (χ4v) is 4.73. The van der Waals surface area contributed by atoms with Crippen molar-refractivity contribution in [3.05, 3.63) is 53.8 Å². The Labute approximate surface area is 194 Å². The number of rotatable bonds is 4. The number of benzene rings is 2. The lowest BCUT2D eigenvalue weighted by Crippen LogP contribution is -2.44. The SMILES string of the molecule is CO[C@@H]1CN(C)C(=O)c2cc(NS(=O)(=O)c3ccccc3F)ccc2OC[C@@H](C)NC[C@H]1C. The molecule has 0 radical (unpaired) electrons. The van der Waals surface area contributed by atoms with Crippen molar-refractivity contribution < 1.29 is 27.1 Å². The fourth-order valence-electron chi connectivity index (χ4n) is 3.60. The molecular formula is C23H30FN3O5S. The van der Waals surface area contributed by atoms with Crippen LogP contribution in [0.5, 0.6) is 5.75 Å². The summed E-state index contributed by atoms with van der Waals surface area (Å²) in [4.78, 5) is 14.3. The Bertz CT molecular complexity index is 1100. The first-order chi connectivity index (χ1) is 15.6. The standard InChI is InChI=1S/C23H30FN3O5S/c1-15-12-25-16(2)14-32-20-10-9-17(11-18(20)23(28)27(3)13-21(15)31-4)26-33(29,30)22-8-6-5-7-19(22)24/h5-11,15-16,21,25-26H,12-14H2,1-4H3/t15-,16-,21-/m1/s1. The number of nitrogens with zero attached hydrogens (tertiary/aromatic N) is 1. The minimum atomic E-state index is -4.19. The van der Waals surface area contributed by atoms with Crippen molar-refractivity contribution >= 4 is 21.6 Å². The Morgan fingerprint density at radius 3 is 2.64 bits per heavy atom. The van der Waals surface area contributed by atoms with Gasteiger partial charge in [-0.3, -0.25) is 9.52 Å². The summed E-state index contributed by atoms with van der Waals surface area (Å²) in [6.45, 7) is 5.38. The molecule has 1 amide bonds. The number of methoxy groups -OCH3 is 1. The molecule has 10 heteroatoms. The molecule has 0 unspecified atom stereocenters. The van der Waals surface area contributed by atoms with Crippen molar-refractivity contribution in [3.8, 4) is 5.75 Å². The monoisotopic (exact) mass is 479 g/mol. The number of hydrogen-bond donors (Lipinski definition) is 2. The van der Waals surface area contributed by atoms with Crippen molar-refractivity contribution in [2.75, 3.05) is 38.6 Å². The van der Waals surface area contributed by atoms with Crippen molar-refractivity contribution in [2.24, 2.45) is 5.92 Å². The minimum absolute atomic E-state index is 0.0179. The number of carbonyl (C=O) groups excluding carboxylic acids is 1. The van der Waals surface area contributed by atoms with Gasteiger partial charge in [0.05, 0.1) is 11.7 Å². The summed E-state index contributed by atoms with van der Waals surface area (Å²) in [5, 5.41) is 3.40. The van der Waals surface area contributed by atoms with E-state index in [2.05, 4.69) is 10.0 Å². The largest absolute Gasteiger partial charge is 0.491 e. The molecule has 3 rings (SSSR count). The van der Waals surface area contributed by atoms with E-state index in [4.69, 9.17) is 9.47 Å². The number of likely N-dealkylation sites (N-methyl/N-ethyl adjacent to an activating group) is 1. The van der Waals surface area contributed by atoms with Crippen LogP contribution in [0.2, 0.25) is 0 Å². The number of halogens is 1. The Kier molecular flexibility index (Phi) is 7.93. The third kappa shape index (κ3) is 6.01.